The largest absolute Gasteiger partial charge is 0.294 e. The lowest BCUT2D eigenvalue weighted by Gasteiger charge is -2.13. The van der Waals surface area contributed by atoms with E-state index < -0.39 is 29.5 Å². The van der Waals surface area contributed by atoms with E-state index in [-0.39, 0.29) is 15.5 Å². The lowest BCUT2D eigenvalue weighted by molar-refractivity contribution is -0.129. The molecule has 0 unspecified atom stereocenters. The van der Waals surface area contributed by atoms with Crippen molar-refractivity contribution in [3.8, 4) is 0 Å². The summed E-state index contributed by atoms with van der Waals surface area (Å²) in [5.41, 5.74) is 4.55. The Morgan fingerprint density at radius 2 is 1.89 bits per heavy atom. The third-order valence-electron chi connectivity index (χ3n) is 3.43. The second-order valence-corrected chi connectivity index (χ2v) is 7.65. The molecule has 1 aliphatic heterocycles. The van der Waals surface area contributed by atoms with Gasteiger partial charge in [0.15, 0.2) is 0 Å². The Balaban J connectivity index is 1.58. The van der Waals surface area contributed by atoms with Crippen molar-refractivity contribution in [1.29, 1.82) is 0 Å². The van der Waals surface area contributed by atoms with Crippen LogP contribution in [0.2, 0.25) is 5.02 Å². The molecular formula is C17H12ClN3O4S2. The van der Waals surface area contributed by atoms with E-state index >= 15 is 0 Å². The molecular weight excluding hydrogens is 410 g/mol. The molecule has 7 nitrogen and oxygen atoms in total. The second kappa shape index (κ2) is 8.38. The van der Waals surface area contributed by atoms with Crippen LogP contribution < -0.4 is 10.9 Å². The molecule has 1 saturated heterocycles. The Kier molecular flexibility index (Phi) is 5.94. The maximum absolute atomic E-state index is 12.3. The van der Waals surface area contributed by atoms with Gasteiger partial charge in [-0.2, -0.15) is 0 Å². The van der Waals surface area contributed by atoms with Crippen molar-refractivity contribution < 1.29 is 19.2 Å². The summed E-state index contributed by atoms with van der Waals surface area (Å²) in [4.78, 5) is 50.2. The number of rotatable bonds is 4. The highest BCUT2D eigenvalue weighted by Gasteiger charge is 2.36. The van der Waals surface area contributed by atoms with Crippen LogP contribution in [0.5, 0.6) is 0 Å². The van der Waals surface area contributed by atoms with E-state index in [1.54, 1.807) is 24.3 Å². The number of hydrogen-bond donors (Lipinski definition) is 2. The monoisotopic (exact) mass is 421 g/mol. The van der Waals surface area contributed by atoms with Gasteiger partial charge in [0, 0.05) is 4.88 Å². The van der Waals surface area contributed by atoms with Crippen LogP contribution in [0.4, 0.5) is 4.79 Å². The minimum atomic E-state index is -0.713. The number of thiophene rings is 1. The van der Waals surface area contributed by atoms with Crippen molar-refractivity contribution in [2.24, 2.45) is 0 Å². The van der Waals surface area contributed by atoms with E-state index in [0.717, 1.165) is 21.5 Å². The fourth-order valence-corrected chi connectivity index (χ4v) is 3.94. The zero-order valence-electron chi connectivity index (χ0n) is 13.6. The van der Waals surface area contributed by atoms with Gasteiger partial charge in [-0.05, 0) is 41.4 Å². The maximum atomic E-state index is 12.3. The molecule has 4 amide bonds. The van der Waals surface area contributed by atoms with Gasteiger partial charge in [-0.1, -0.05) is 29.8 Å². The molecule has 0 radical (unpaired) electrons. The quantitative estimate of drug-likeness (QED) is 0.584. The van der Waals surface area contributed by atoms with Crippen molar-refractivity contribution in [3.05, 3.63) is 62.1 Å². The Bertz CT molecular complexity index is 943. The SMILES string of the molecule is O=C(CN1C(=O)SC(=Cc2cccs2)C1=O)NNC(=O)c1ccccc1Cl. The highest BCUT2D eigenvalue weighted by atomic mass is 35.5. The van der Waals surface area contributed by atoms with Crippen LogP contribution in [0.25, 0.3) is 6.08 Å². The van der Waals surface area contributed by atoms with Gasteiger partial charge in [0.25, 0.3) is 23.0 Å². The molecule has 0 aliphatic carbocycles. The molecule has 138 valence electrons. The molecule has 10 heteroatoms. The average Bonchev–Trinajstić information content (AvgIpc) is 3.24. The van der Waals surface area contributed by atoms with E-state index in [4.69, 9.17) is 11.6 Å². The smallest absolute Gasteiger partial charge is 0.271 e. The molecule has 1 aliphatic rings. The summed E-state index contributed by atoms with van der Waals surface area (Å²) in [7, 11) is 0. The number of nitrogens with zero attached hydrogens (tertiary/aromatic N) is 1. The number of carbonyl (C=O) groups is 4. The number of hydrogen-bond acceptors (Lipinski definition) is 6. The normalized spacial score (nSPS) is 15.3. The lowest BCUT2D eigenvalue weighted by atomic mass is 10.2. The summed E-state index contributed by atoms with van der Waals surface area (Å²) in [5.74, 6) is -1.87. The molecule has 0 bridgehead atoms. The fraction of sp³-hybridized carbons (Fsp3) is 0.0588. The highest BCUT2D eigenvalue weighted by molar-refractivity contribution is 8.18. The van der Waals surface area contributed by atoms with Crippen LogP contribution in [0.3, 0.4) is 0 Å². The molecule has 0 atom stereocenters. The third-order valence-corrected chi connectivity index (χ3v) is 5.48. The molecule has 3 rings (SSSR count). The van der Waals surface area contributed by atoms with Gasteiger partial charge in [0.2, 0.25) is 0 Å². The molecule has 1 fully saturated rings. The van der Waals surface area contributed by atoms with Crippen molar-refractivity contribution >= 4 is 63.7 Å². The minimum Gasteiger partial charge on any atom is -0.271 e. The van der Waals surface area contributed by atoms with E-state index in [0.29, 0.717) is 0 Å². The van der Waals surface area contributed by atoms with Crippen LogP contribution >= 0.6 is 34.7 Å². The Morgan fingerprint density at radius 3 is 2.59 bits per heavy atom. The van der Waals surface area contributed by atoms with Crippen LogP contribution in [-0.4, -0.2) is 34.4 Å². The number of carbonyl (C=O) groups excluding carboxylic acids is 4. The van der Waals surface area contributed by atoms with Gasteiger partial charge in [-0.3, -0.25) is 34.9 Å². The van der Waals surface area contributed by atoms with Crippen LogP contribution in [0.15, 0.2) is 46.7 Å². The van der Waals surface area contributed by atoms with Crippen molar-refractivity contribution in [2.75, 3.05) is 6.54 Å². The van der Waals surface area contributed by atoms with Gasteiger partial charge in [0.1, 0.15) is 6.54 Å². The zero-order valence-corrected chi connectivity index (χ0v) is 16.0. The summed E-state index contributed by atoms with van der Waals surface area (Å²) < 4.78 is 0. The van der Waals surface area contributed by atoms with Crippen molar-refractivity contribution in [3.63, 3.8) is 0 Å². The fourth-order valence-electron chi connectivity index (χ4n) is 2.16. The highest BCUT2D eigenvalue weighted by Crippen LogP contribution is 2.32. The molecule has 2 heterocycles. The predicted octanol–water partition coefficient (Wildman–Crippen LogP) is 2.90. The molecule has 0 spiro atoms. The number of halogens is 1. The first-order chi connectivity index (χ1) is 13.0. The average molecular weight is 422 g/mol. The van der Waals surface area contributed by atoms with Gasteiger partial charge in [0.05, 0.1) is 15.5 Å². The molecule has 27 heavy (non-hydrogen) atoms. The first-order valence-electron chi connectivity index (χ1n) is 7.58. The number of nitrogens with one attached hydrogen (secondary N) is 2. The second-order valence-electron chi connectivity index (χ2n) is 5.27. The summed E-state index contributed by atoms with van der Waals surface area (Å²) in [6.07, 6.45) is 1.60. The number of imide groups is 1. The first kappa shape index (κ1) is 19.2. The summed E-state index contributed by atoms with van der Waals surface area (Å²) in [6, 6.07) is 9.98. The summed E-state index contributed by atoms with van der Waals surface area (Å²) >= 11 is 8.10. The van der Waals surface area contributed by atoms with Gasteiger partial charge in [-0.15, -0.1) is 11.3 Å². The topological polar surface area (TPSA) is 95.6 Å². The molecule has 1 aromatic heterocycles. The van der Waals surface area contributed by atoms with Gasteiger partial charge >= 0.3 is 0 Å². The molecule has 2 aromatic rings. The Hall–Kier alpha value is -2.62. The molecule has 2 N–H and O–H groups in total. The molecule has 1 aromatic carbocycles. The molecule has 0 saturated carbocycles. The van der Waals surface area contributed by atoms with Crippen molar-refractivity contribution in [2.45, 2.75) is 0 Å². The van der Waals surface area contributed by atoms with Crippen molar-refractivity contribution in [1.82, 2.24) is 15.8 Å². The predicted molar refractivity (Wildman–Crippen MR) is 104 cm³/mol. The number of benzene rings is 1. The third kappa shape index (κ3) is 4.57. The Labute approximate surface area is 167 Å². The van der Waals surface area contributed by atoms with E-state index in [1.807, 2.05) is 17.5 Å². The van der Waals surface area contributed by atoms with Gasteiger partial charge in [-0.25, -0.2) is 0 Å². The van der Waals surface area contributed by atoms with Crippen LogP contribution in [0, 0.1) is 0 Å². The summed E-state index contributed by atoms with van der Waals surface area (Å²) in [5, 5.41) is 1.54. The Morgan fingerprint density at radius 1 is 1.11 bits per heavy atom. The number of thioether (sulfide) groups is 1. The van der Waals surface area contributed by atoms with Crippen LogP contribution in [-0.2, 0) is 9.59 Å². The maximum Gasteiger partial charge on any atom is 0.294 e. The number of hydrazine groups is 1. The zero-order chi connectivity index (χ0) is 19.4. The van der Waals surface area contributed by atoms with E-state index in [2.05, 4.69) is 10.9 Å². The van der Waals surface area contributed by atoms with Crippen LogP contribution in [0.1, 0.15) is 15.2 Å². The van der Waals surface area contributed by atoms with Gasteiger partial charge < -0.3 is 0 Å². The standard InChI is InChI=1S/C17H12ClN3O4S2/c18-12-6-2-1-5-11(12)15(23)20-19-14(22)9-21-16(24)13(27-17(21)25)8-10-4-3-7-26-10/h1-8H,9H2,(H,19,22)(H,20,23). The van der Waals surface area contributed by atoms with E-state index in [1.165, 1.54) is 17.4 Å². The summed E-state index contributed by atoms with van der Waals surface area (Å²) in [6.45, 7) is -0.505. The first-order valence-corrected chi connectivity index (χ1v) is 9.65. The number of amides is 4. The minimum absolute atomic E-state index is 0.185. The van der Waals surface area contributed by atoms with E-state index in [9.17, 15) is 19.2 Å². The lowest BCUT2D eigenvalue weighted by Crippen LogP contribution is -2.47.